The van der Waals surface area contributed by atoms with E-state index in [1.165, 1.54) is 54.6 Å². The van der Waals surface area contributed by atoms with Gasteiger partial charge in [-0.2, -0.15) is 0 Å². The molecule has 3 rings (SSSR count). The summed E-state index contributed by atoms with van der Waals surface area (Å²) in [6.45, 7) is 0.496. The first kappa shape index (κ1) is 18.2. The summed E-state index contributed by atoms with van der Waals surface area (Å²) in [7, 11) is 0. The average molecular weight is 358 g/mol. The van der Waals surface area contributed by atoms with Crippen LogP contribution in [0.3, 0.4) is 0 Å². The summed E-state index contributed by atoms with van der Waals surface area (Å²) in [5.74, 6) is -1.13. The van der Waals surface area contributed by atoms with E-state index >= 15 is 0 Å². The molecular formula is C21H19F3NO+. The standard InChI is InChI=1S/C21H18F3NO/c22-18-9-5-16(6-10-18)21(26,17-7-11-19(23)12-8-17)14-25-13-15-3-1-2-4-20(15)24/h1-12,25-26H,13-14H2/p+1. The maximum absolute atomic E-state index is 13.8. The minimum atomic E-state index is -1.47. The molecule has 3 N–H and O–H groups in total. The second kappa shape index (κ2) is 7.72. The van der Waals surface area contributed by atoms with Gasteiger partial charge in [-0.3, -0.25) is 0 Å². The van der Waals surface area contributed by atoms with Gasteiger partial charge in [0.05, 0.1) is 0 Å². The van der Waals surface area contributed by atoms with Crippen molar-refractivity contribution in [3.05, 3.63) is 107 Å². The molecule has 0 atom stereocenters. The third kappa shape index (κ3) is 3.95. The van der Waals surface area contributed by atoms with Crippen molar-refractivity contribution in [3.63, 3.8) is 0 Å². The van der Waals surface area contributed by atoms with E-state index in [9.17, 15) is 18.3 Å². The highest BCUT2D eigenvalue weighted by Crippen LogP contribution is 2.28. The molecular weight excluding hydrogens is 339 g/mol. The lowest BCUT2D eigenvalue weighted by Crippen LogP contribution is -2.86. The van der Waals surface area contributed by atoms with Gasteiger partial charge in [-0.25, -0.2) is 13.2 Å². The van der Waals surface area contributed by atoms with Crippen LogP contribution in [0, 0.1) is 17.5 Å². The summed E-state index contributed by atoms with van der Waals surface area (Å²) in [6, 6.07) is 17.5. The van der Waals surface area contributed by atoms with E-state index in [-0.39, 0.29) is 12.4 Å². The lowest BCUT2D eigenvalue weighted by Gasteiger charge is -2.28. The van der Waals surface area contributed by atoms with Gasteiger partial charge in [-0.1, -0.05) is 42.5 Å². The Morgan fingerprint density at radius 2 is 1.23 bits per heavy atom. The van der Waals surface area contributed by atoms with Crippen LogP contribution in [0.5, 0.6) is 0 Å². The number of aliphatic hydroxyl groups is 1. The Morgan fingerprint density at radius 3 is 1.73 bits per heavy atom. The Kier molecular flexibility index (Phi) is 5.40. The molecule has 0 heterocycles. The first-order valence-electron chi connectivity index (χ1n) is 8.28. The zero-order chi connectivity index (χ0) is 18.6. The van der Waals surface area contributed by atoms with Gasteiger partial charge in [0, 0.05) is 5.56 Å². The quantitative estimate of drug-likeness (QED) is 0.698. The van der Waals surface area contributed by atoms with E-state index in [2.05, 4.69) is 0 Å². The van der Waals surface area contributed by atoms with E-state index in [1.54, 1.807) is 23.5 Å². The fourth-order valence-corrected chi connectivity index (χ4v) is 2.95. The van der Waals surface area contributed by atoms with Crippen LogP contribution in [-0.4, -0.2) is 11.7 Å². The van der Waals surface area contributed by atoms with Gasteiger partial charge in [0.15, 0.2) is 5.60 Å². The van der Waals surface area contributed by atoms with Crippen molar-refractivity contribution in [1.82, 2.24) is 0 Å². The van der Waals surface area contributed by atoms with E-state index in [0.29, 0.717) is 23.2 Å². The predicted octanol–water partition coefficient (Wildman–Crippen LogP) is 3.10. The molecule has 3 aromatic rings. The van der Waals surface area contributed by atoms with Crippen LogP contribution < -0.4 is 5.32 Å². The molecule has 0 saturated heterocycles. The molecule has 2 nitrogen and oxygen atoms in total. The van der Waals surface area contributed by atoms with Crippen LogP contribution >= 0.6 is 0 Å². The maximum Gasteiger partial charge on any atom is 0.163 e. The number of quaternary nitrogens is 1. The molecule has 0 bridgehead atoms. The van der Waals surface area contributed by atoms with Crippen molar-refractivity contribution in [1.29, 1.82) is 0 Å². The second-order valence-electron chi connectivity index (χ2n) is 6.16. The molecule has 5 heteroatoms. The van der Waals surface area contributed by atoms with Crippen molar-refractivity contribution in [3.8, 4) is 0 Å². The molecule has 0 unspecified atom stereocenters. The van der Waals surface area contributed by atoms with Crippen LogP contribution in [-0.2, 0) is 12.1 Å². The average Bonchev–Trinajstić information content (AvgIpc) is 2.64. The zero-order valence-corrected chi connectivity index (χ0v) is 14.0. The third-order valence-electron chi connectivity index (χ3n) is 4.41. The van der Waals surface area contributed by atoms with E-state index < -0.39 is 17.2 Å². The lowest BCUT2D eigenvalue weighted by atomic mass is 9.86. The Balaban J connectivity index is 1.86. The van der Waals surface area contributed by atoms with E-state index in [1.807, 2.05) is 0 Å². The Morgan fingerprint density at radius 1 is 0.731 bits per heavy atom. The molecule has 0 aliphatic rings. The molecule has 0 amide bonds. The number of hydrogen-bond acceptors (Lipinski definition) is 1. The first-order valence-corrected chi connectivity index (χ1v) is 8.28. The fourth-order valence-electron chi connectivity index (χ4n) is 2.95. The summed E-state index contributed by atoms with van der Waals surface area (Å²) < 4.78 is 40.3. The van der Waals surface area contributed by atoms with Crippen LogP contribution in [0.2, 0.25) is 0 Å². The van der Waals surface area contributed by atoms with Gasteiger partial charge < -0.3 is 10.4 Å². The highest BCUT2D eigenvalue weighted by molar-refractivity contribution is 5.36. The van der Waals surface area contributed by atoms with Gasteiger partial charge in [0.25, 0.3) is 0 Å². The van der Waals surface area contributed by atoms with Crippen LogP contribution in [0.25, 0.3) is 0 Å². The highest BCUT2D eigenvalue weighted by Gasteiger charge is 2.34. The summed E-state index contributed by atoms with van der Waals surface area (Å²) in [6.07, 6.45) is 0. The van der Waals surface area contributed by atoms with Gasteiger partial charge in [-0.15, -0.1) is 0 Å². The van der Waals surface area contributed by atoms with Crippen molar-refractivity contribution < 1.29 is 23.6 Å². The van der Waals surface area contributed by atoms with Gasteiger partial charge in [-0.05, 0) is 41.5 Å². The number of nitrogens with two attached hydrogens (primary N) is 1. The summed E-state index contributed by atoms with van der Waals surface area (Å²) in [5, 5.41) is 13.1. The normalized spacial score (nSPS) is 11.5. The summed E-state index contributed by atoms with van der Waals surface area (Å²) >= 11 is 0. The SMILES string of the molecule is OC(C[NH2+]Cc1ccccc1F)(c1ccc(F)cc1)c1ccc(F)cc1. The molecule has 0 aliphatic heterocycles. The van der Waals surface area contributed by atoms with Crippen LogP contribution in [0.1, 0.15) is 16.7 Å². The minimum Gasteiger partial charge on any atom is -0.375 e. The minimum absolute atomic E-state index is 0.165. The molecule has 26 heavy (non-hydrogen) atoms. The molecule has 0 aromatic heterocycles. The van der Waals surface area contributed by atoms with E-state index in [0.717, 1.165) is 0 Å². The molecule has 134 valence electrons. The zero-order valence-electron chi connectivity index (χ0n) is 14.0. The molecule has 0 fully saturated rings. The van der Waals surface area contributed by atoms with Crippen LogP contribution in [0.15, 0.2) is 72.8 Å². The molecule has 0 aliphatic carbocycles. The number of halogens is 3. The molecule has 0 saturated carbocycles. The maximum atomic E-state index is 13.8. The topological polar surface area (TPSA) is 36.8 Å². The van der Waals surface area contributed by atoms with Crippen molar-refractivity contribution >= 4 is 0 Å². The second-order valence-corrected chi connectivity index (χ2v) is 6.16. The van der Waals surface area contributed by atoms with Crippen molar-refractivity contribution in [2.75, 3.05) is 6.54 Å². The molecule has 0 spiro atoms. The Labute approximate surface area is 149 Å². The Hall–Kier alpha value is -2.63. The predicted molar refractivity (Wildman–Crippen MR) is 92.7 cm³/mol. The molecule has 3 aromatic carbocycles. The summed E-state index contributed by atoms with van der Waals surface area (Å²) in [5.41, 5.74) is 0.0192. The van der Waals surface area contributed by atoms with Gasteiger partial charge in [0.1, 0.15) is 30.5 Å². The summed E-state index contributed by atoms with van der Waals surface area (Å²) in [4.78, 5) is 0. The fraction of sp³-hybridized carbons (Fsp3) is 0.143. The molecule has 0 radical (unpaired) electrons. The smallest absolute Gasteiger partial charge is 0.163 e. The number of benzene rings is 3. The number of rotatable bonds is 6. The number of hydrogen-bond donors (Lipinski definition) is 2. The van der Waals surface area contributed by atoms with Crippen LogP contribution in [0.4, 0.5) is 13.2 Å². The lowest BCUT2D eigenvalue weighted by molar-refractivity contribution is -0.682. The van der Waals surface area contributed by atoms with Gasteiger partial charge >= 0.3 is 0 Å². The van der Waals surface area contributed by atoms with E-state index in [4.69, 9.17) is 0 Å². The first-order chi connectivity index (χ1) is 12.5. The van der Waals surface area contributed by atoms with Crippen molar-refractivity contribution in [2.45, 2.75) is 12.1 Å². The largest absolute Gasteiger partial charge is 0.375 e. The highest BCUT2D eigenvalue weighted by atomic mass is 19.1. The monoisotopic (exact) mass is 358 g/mol. The third-order valence-corrected chi connectivity index (χ3v) is 4.41. The van der Waals surface area contributed by atoms with Crippen molar-refractivity contribution in [2.24, 2.45) is 0 Å². The Bertz CT molecular complexity index is 818. The van der Waals surface area contributed by atoms with Gasteiger partial charge in [0.2, 0.25) is 0 Å².